The minimum atomic E-state index is -6.93. The third kappa shape index (κ3) is 5.05. The lowest BCUT2D eigenvalue weighted by Crippen LogP contribution is -2.67. The number of rotatable bonds is 9. The highest BCUT2D eigenvalue weighted by Gasteiger charge is 2.83. The first kappa shape index (κ1) is 26.0. The summed E-state index contributed by atoms with van der Waals surface area (Å²) in [5, 5.41) is 0. The molecule has 0 saturated heterocycles. The van der Waals surface area contributed by atoms with Gasteiger partial charge in [0.1, 0.15) is 0 Å². The number of halogens is 9. The van der Waals surface area contributed by atoms with E-state index < -0.39 is 35.9 Å². The third-order valence-corrected chi connectivity index (χ3v) is 5.02. The maximum absolute atomic E-state index is 15.0. The van der Waals surface area contributed by atoms with Crippen LogP contribution in [0.4, 0.5) is 39.5 Å². The van der Waals surface area contributed by atoms with Crippen molar-refractivity contribution in [3.63, 3.8) is 0 Å². The summed E-state index contributed by atoms with van der Waals surface area (Å²) >= 11 is 0. The monoisotopic (exact) mass is 471 g/mol. The molecule has 2 rings (SSSR count). The Morgan fingerprint density at radius 2 is 1.00 bits per heavy atom. The largest absolute Gasteiger partial charge is 0.460 e. The van der Waals surface area contributed by atoms with Crippen molar-refractivity contribution in [1.29, 1.82) is 0 Å². The van der Waals surface area contributed by atoms with Gasteiger partial charge in [0.05, 0.1) is 6.04 Å². The molecule has 1 nitrogen and oxygen atoms in total. The van der Waals surface area contributed by atoms with Crippen molar-refractivity contribution in [1.82, 2.24) is 4.90 Å². The number of benzene rings is 2. The molecule has 0 fully saturated rings. The maximum Gasteiger partial charge on any atom is 0.460 e. The summed E-state index contributed by atoms with van der Waals surface area (Å²) < 4.78 is 124. The SMILES string of the molecule is CC(C)C(N(Cc1ccccc1)Cc1ccccc1)C(F)(F)C(F)(F)C(F)(F)C(F)(F)F. The highest BCUT2D eigenvalue weighted by molar-refractivity contribution is 5.18. The quantitative estimate of drug-likeness (QED) is 0.350. The van der Waals surface area contributed by atoms with E-state index in [9.17, 15) is 30.7 Å². The average Bonchev–Trinajstić information content (AvgIpc) is 2.68. The van der Waals surface area contributed by atoms with Crippen molar-refractivity contribution in [2.45, 2.75) is 56.9 Å². The van der Waals surface area contributed by atoms with Crippen LogP contribution in [0.15, 0.2) is 60.7 Å². The molecule has 1 atom stereocenters. The Hall–Kier alpha value is -2.23. The van der Waals surface area contributed by atoms with Gasteiger partial charge >= 0.3 is 23.9 Å². The Balaban J connectivity index is 2.57. The Bertz CT molecular complexity index is 807. The smallest absolute Gasteiger partial charge is 0.286 e. The molecule has 0 saturated carbocycles. The van der Waals surface area contributed by atoms with Crippen LogP contribution in [-0.4, -0.2) is 34.9 Å². The predicted octanol–water partition coefficient (Wildman–Crippen LogP) is 7.18. The molecular formula is C22H22F9N. The molecule has 0 heterocycles. The van der Waals surface area contributed by atoms with Crippen molar-refractivity contribution in [2.24, 2.45) is 5.92 Å². The number of hydrogen-bond donors (Lipinski definition) is 0. The third-order valence-electron chi connectivity index (χ3n) is 5.02. The van der Waals surface area contributed by atoms with E-state index in [1.54, 1.807) is 36.4 Å². The van der Waals surface area contributed by atoms with Crippen LogP contribution >= 0.6 is 0 Å². The van der Waals surface area contributed by atoms with E-state index in [2.05, 4.69) is 0 Å². The average molecular weight is 471 g/mol. The maximum atomic E-state index is 15.0. The predicted molar refractivity (Wildman–Crippen MR) is 102 cm³/mol. The molecule has 0 bridgehead atoms. The van der Waals surface area contributed by atoms with Crippen LogP contribution in [0.25, 0.3) is 0 Å². The van der Waals surface area contributed by atoms with Crippen molar-refractivity contribution in [3.8, 4) is 0 Å². The molecule has 32 heavy (non-hydrogen) atoms. The van der Waals surface area contributed by atoms with Crippen molar-refractivity contribution in [3.05, 3.63) is 71.8 Å². The molecule has 0 aliphatic carbocycles. The molecule has 0 amide bonds. The molecule has 0 aliphatic heterocycles. The van der Waals surface area contributed by atoms with E-state index >= 15 is 8.78 Å². The van der Waals surface area contributed by atoms with E-state index in [0.29, 0.717) is 11.1 Å². The van der Waals surface area contributed by atoms with Gasteiger partial charge in [-0.05, 0) is 17.0 Å². The molecule has 0 radical (unpaired) electrons. The zero-order chi connectivity index (χ0) is 24.4. The minimum Gasteiger partial charge on any atom is -0.286 e. The molecule has 2 aromatic rings. The minimum absolute atomic E-state index is 0.373. The van der Waals surface area contributed by atoms with E-state index in [1.165, 1.54) is 24.3 Å². The fraction of sp³-hybridized carbons (Fsp3) is 0.455. The van der Waals surface area contributed by atoms with Crippen molar-refractivity contribution < 1.29 is 39.5 Å². The highest BCUT2D eigenvalue weighted by Crippen LogP contribution is 2.55. The first-order valence-electron chi connectivity index (χ1n) is 9.65. The first-order chi connectivity index (χ1) is 14.6. The van der Waals surface area contributed by atoms with Gasteiger partial charge in [0, 0.05) is 13.1 Å². The van der Waals surface area contributed by atoms with Crippen molar-refractivity contribution >= 4 is 0 Å². The molecule has 0 aliphatic rings. The summed E-state index contributed by atoms with van der Waals surface area (Å²) in [4.78, 5) is 0.815. The number of alkyl halides is 9. The summed E-state index contributed by atoms with van der Waals surface area (Å²) in [6.45, 7) is 1.40. The van der Waals surface area contributed by atoms with Gasteiger partial charge in [0.15, 0.2) is 0 Å². The zero-order valence-corrected chi connectivity index (χ0v) is 17.2. The van der Waals surface area contributed by atoms with Crippen LogP contribution in [0, 0.1) is 5.92 Å². The lowest BCUT2D eigenvalue weighted by molar-refractivity contribution is -0.404. The Morgan fingerprint density at radius 3 is 1.31 bits per heavy atom. The summed E-state index contributed by atoms with van der Waals surface area (Å²) in [7, 11) is 0. The van der Waals surface area contributed by atoms with Crippen LogP contribution in [0.2, 0.25) is 0 Å². The second-order valence-corrected chi connectivity index (χ2v) is 7.83. The normalized spacial score (nSPS) is 14.8. The Kier molecular flexibility index (Phi) is 7.59. The standard InChI is InChI=1S/C22H22F9N/c1-15(2)18(19(23,24)20(25,26)21(27,28)22(29,30)31)32(13-16-9-5-3-6-10-16)14-17-11-7-4-8-12-17/h3-12,15,18H,13-14H2,1-2H3. The van der Waals surface area contributed by atoms with Crippen LogP contribution in [0.5, 0.6) is 0 Å². The van der Waals surface area contributed by atoms with Gasteiger partial charge in [-0.2, -0.15) is 39.5 Å². The topological polar surface area (TPSA) is 3.24 Å². The van der Waals surface area contributed by atoms with Crippen LogP contribution in [-0.2, 0) is 13.1 Å². The molecule has 1 unspecified atom stereocenters. The summed E-state index contributed by atoms with van der Waals surface area (Å²) in [6.07, 6.45) is -6.86. The molecule has 0 N–H and O–H groups in total. The molecule has 10 heteroatoms. The molecule has 178 valence electrons. The summed E-state index contributed by atoms with van der Waals surface area (Å²) in [6, 6.07) is 12.9. The summed E-state index contributed by atoms with van der Waals surface area (Å²) in [5.41, 5.74) is 0.798. The lowest BCUT2D eigenvalue weighted by atomic mass is 9.88. The van der Waals surface area contributed by atoms with Crippen LogP contribution in [0.1, 0.15) is 25.0 Å². The van der Waals surface area contributed by atoms with Crippen molar-refractivity contribution in [2.75, 3.05) is 0 Å². The Labute approximate surface area is 179 Å². The van der Waals surface area contributed by atoms with E-state index in [0.717, 1.165) is 18.7 Å². The van der Waals surface area contributed by atoms with Crippen LogP contribution in [0.3, 0.4) is 0 Å². The second-order valence-electron chi connectivity index (χ2n) is 7.83. The van der Waals surface area contributed by atoms with Gasteiger partial charge in [-0.1, -0.05) is 74.5 Å². The fourth-order valence-electron chi connectivity index (χ4n) is 3.53. The summed E-state index contributed by atoms with van der Waals surface area (Å²) in [5.74, 6) is -20.7. The number of nitrogens with zero attached hydrogens (tertiary/aromatic N) is 1. The van der Waals surface area contributed by atoms with E-state index in [4.69, 9.17) is 0 Å². The molecule has 0 aromatic heterocycles. The zero-order valence-electron chi connectivity index (χ0n) is 17.2. The van der Waals surface area contributed by atoms with Gasteiger partial charge in [-0.15, -0.1) is 0 Å². The van der Waals surface area contributed by atoms with E-state index in [1.807, 2.05) is 0 Å². The molecule has 2 aromatic carbocycles. The van der Waals surface area contributed by atoms with Gasteiger partial charge in [-0.3, -0.25) is 4.90 Å². The highest BCUT2D eigenvalue weighted by atomic mass is 19.4. The van der Waals surface area contributed by atoms with Gasteiger partial charge in [-0.25, -0.2) is 0 Å². The van der Waals surface area contributed by atoms with Gasteiger partial charge < -0.3 is 0 Å². The van der Waals surface area contributed by atoms with Crippen LogP contribution < -0.4 is 0 Å². The molecular weight excluding hydrogens is 449 g/mol. The lowest BCUT2D eigenvalue weighted by Gasteiger charge is -2.44. The fourth-order valence-corrected chi connectivity index (χ4v) is 3.53. The second kappa shape index (κ2) is 9.33. The number of hydrogen-bond acceptors (Lipinski definition) is 1. The Morgan fingerprint density at radius 1 is 0.625 bits per heavy atom. The van der Waals surface area contributed by atoms with E-state index in [-0.39, 0.29) is 13.1 Å². The van der Waals surface area contributed by atoms with Gasteiger partial charge in [0.2, 0.25) is 0 Å². The first-order valence-corrected chi connectivity index (χ1v) is 9.65. The molecule has 0 spiro atoms. The van der Waals surface area contributed by atoms with Gasteiger partial charge in [0.25, 0.3) is 0 Å².